The van der Waals surface area contributed by atoms with Gasteiger partial charge in [0, 0.05) is 10.9 Å². The number of rotatable bonds is 4. The van der Waals surface area contributed by atoms with E-state index in [9.17, 15) is 8.78 Å². The zero-order chi connectivity index (χ0) is 10.6. The van der Waals surface area contributed by atoms with Gasteiger partial charge in [-0.2, -0.15) is 0 Å². The van der Waals surface area contributed by atoms with Gasteiger partial charge in [0.25, 0.3) is 0 Å². The first-order valence-electron chi connectivity index (χ1n) is 4.39. The molecule has 0 aliphatic carbocycles. The molecule has 0 saturated heterocycles. The summed E-state index contributed by atoms with van der Waals surface area (Å²) >= 11 is 5.72. The van der Waals surface area contributed by atoms with Crippen LogP contribution in [0.1, 0.15) is 17.9 Å². The number of halogens is 3. The number of alkyl halides is 2. The lowest BCUT2D eigenvalue weighted by molar-refractivity contribution is 0.111. The third-order valence-corrected chi connectivity index (χ3v) is 2.29. The Morgan fingerprint density at radius 3 is 2.57 bits per heavy atom. The van der Waals surface area contributed by atoms with Gasteiger partial charge in [0.2, 0.25) is 6.43 Å². The van der Waals surface area contributed by atoms with Crippen molar-refractivity contribution in [3.05, 3.63) is 34.9 Å². The van der Waals surface area contributed by atoms with E-state index in [0.29, 0.717) is 10.6 Å². The summed E-state index contributed by atoms with van der Waals surface area (Å²) < 4.78 is 25.2. The molecule has 0 aliphatic heterocycles. The van der Waals surface area contributed by atoms with E-state index >= 15 is 0 Å². The average molecular weight is 220 g/mol. The summed E-state index contributed by atoms with van der Waals surface area (Å²) in [5.41, 5.74) is 5.83. The summed E-state index contributed by atoms with van der Waals surface area (Å²) in [5, 5.41) is 0.477. The van der Waals surface area contributed by atoms with Crippen molar-refractivity contribution in [3.63, 3.8) is 0 Å². The highest BCUT2D eigenvalue weighted by molar-refractivity contribution is 6.30. The van der Waals surface area contributed by atoms with Gasteiger partial charge in [-0.1, -0.05) is 23.7 Å². The lowest BCUT2D eigenvalue weighted by Gasteiger charge is -2.15. The number of benzene rings is 1. The van der Waals surface area contributed by atoms with Crippen molar-refractivity contribution < 1.29 is 8.78 Å². The van der Waals surface area contributed by atoms with Crippen molar-refractivity contribution in [2.24, 2.45) is 5.73 Å². The Morgan fingerprint density at radius 2 is 2.07 bits per heavy atom. The fraction of sp³-hybridized carbons (Fsp3) is 0.400. The van der Waals surface area contributed by atoms with Gasteiger partial charge in [-0.05, 0) is 30.7 Å². The van der Waals surface area contributed by atoms with Gasteiger partial charge in [-0.25, -0.2) is 8.78 Å². The summed E-state index contributed by atoms with van der Waals surface area (Å²) in [5.74, 6) is -0.807. The minimum absolute atomic E-state index is 0.252. The molecule has 0 saturated carbocycles. The van der Waals surface area contributed by atoms with Crippen LogP contribution in [-0.2, 0) is 0 Å². The maximum absolute atomic E-state index is 12.6. The molecule has 0 amide bonds. The molecule has 2 N–H and O–H groups in total. The molecular weight excluding hydrogens is 208 g/mol. The van der Waals surface area contributed by atoms with Crippen molar-refractivity contribution in [1.82, 2.24) is 0 Å². The van der Waals surface area contributed by atoms with Gasteiger partial charge in [0.1, 0.15) is 0 Å². The molecule has 4 heteroatoms. The van der Waals surface area contributed by atoms with Gasteiger partial charge in [0.05, 0.1) is 0 Å². The van der Waals surface area contributed by atoms with Crippen LogP contribution in [0, 0.1) is 0 Å². The zero-order valence-electron chi connectivity index (χ0n) is 7.59. The first-order chi connectivity index (χ1) is 6.65. The Bertz CT molecular complexity index is 291. The van der Waals surface area contributed by atoms with Crippen LogP contribution in [0.25, 0.3) is 0 Å². The van der Waals surface area contributed by atoms with Crippen molar-refractivity contribution >= 4 is 11.6 Å². The normalized spacial score (nSPS) is 13.2. The Labute approximate surface area is 86.9 Å². The summed E-state index contributed by atoms with van der Waals surface area (Å²) in [7, 11) is 0. The smallest absolute Gasteiger partial charge is 0.245 e. The molecule has 1 nitrogen and oxygen atoms in total. The highest BCUT2D eigenvalue weighted by Gasteiger charge is 2.21. The summed E-state index contributed by atoms with van der Waals surface area (Å²) in [4.78, 5) is 0. The molecule has 0 radical (unpaired) electrons. The van der Waals surface area contributed by atoms with E-state index in [1.54, 1.807) is 24.3 Å². The van der Waals surface area contributed by atoms with Crippen LogP contribution < -0.4 is 5.73 Å². The standard InChI is InChI=1S/C10H12ClF2N/c11-8-3-1-2-7(6-8)9(4-5-14)10(12)13/h1-3,6,9-10H,4-5,14H2. The van der Waals surface area contributed by atoms with Crippen molar-refractivity contribution in [2.75, 3.05) is 6.54 Å². The minimum Gasteiger partial charge on any atom is -0.330 e. The van der Waals surface area contributed by atoms with E-state index < -0.39 is 12.3 Å². The van der Waals surface area contributed by atoms with Crippen LogP contribution in [0.3, 0.4) is 0 Å². The topological polar surface area (TPSA) is 26.0 Å². The van der Waals surface area contributed by atoms with E-state index in [1.165, 1.54) is 0 Å². The fourth-order valence-electron chi connectivity index (χ4n) is 1.35. The third-order valence-electron chi connectivity index (χ3n) is 2.06. The van der Waals surface area contributed by atoms with E-state index in [0.717, 1.165) is 0 Å². The van der Waals surface area contributed by atoms with Gasteiger partial charge >= 0.3 is 0 Å². The molecule has 1 atom stereocenters. The van der Waals surface area contributed by atoms with E-state index in [-0.39, 0.29) is 13.0 Å². The molecule has 0 aromatic heterocycles. The van der Waals surface area contributed by atoms with Crippen LogP contribution >= 0.6 is 11.6 Å². The van der Waals surface area contributed by atoms with Gasteiger partial charge in [0.15, 0.2) is 0 Å². The highest BCUT2D eigenvalue weighted by atomic mass is 35.5. The SMILES string of the molecule is NCCC(c1cccc(Cl)c1)C(F)F. The molecule has 78 valence electrons. The fourth-order valence-corrected chi connectivity index (χ4v) is 1.55. The van der Waals surface area contributed by atoms with E-state index in [2.05, 4.69) is 0 Å². The molecule has 1 aromatic rings. The van der Waals surface area contributed by atoms with Crippen molar-refractivity contribution in [2.45, 2.75) is 18.8 Å². The van der Waals surface area contributed by atoms with Crippen LogP contribution in [0.5, 0.6) is 0 Å². The molecular formula is C10H12ClF2N. The maximum atomic E-state index is 12.6. The van der Waals surface area contributed by atoms with Crippen LogP contribution in [-0.4, -0.2) is 13.0 Å². The number of nitrogens with two attached hydrogens (primary N) is 1. The average Bonchev–Trinajstić information content (AvgIpc) is 2.13. The monoisotopic (exact) mass is 219 g/mol. The summed E-state index contributed by atoms with van der Waals surface area (Å²) in [6.07, 6.45) is -2.12. The minimum atomic E-state index is -2.39. The quantitative estimate of drug-likeness (QED) is 0.828. The predicted octanol–water partition coefficient (Wildman–Crippen LogP) is 3.04. The van der Waals surface area contributed by atoms with Crippen LogP contribution in [0.4, 0.5) is 8.78 Å². The molecule has 0 aliphatic rings. The molecule has 1 rings (SSSR count). The second kappa shape index (κ2) is 5.27. The second-order valence-electron chi connectivity index (χ2n) is 3.07. The van der Waals surface area contributed by atoms with Crippen LogP contribution in [0.15, 0.2) is 24.3 Å². The van der Waals surface area contributed by atoms with E-state index in [1.807, 2.05) is 0 Å². The first-order valence-corrected chi connectivity index (χ1v) is 4.76. The predicted molar refractivity (Wildman–Crippen MR) is 53.9 cm³/mol. The van der Waals surface area contributed by atoms with Gasteiger partial charge < -0.3 is 5.73 Å². The molecule has 0 fully saturated rings. The second-order valence-corrected chi connectivity index (χ2v) is 3.51. The molecule has 0 heterocycles. The number of hydrogen-bond acceptors (Lipinski definition) is 1. The van der Waals surface area contributed by atoms with Gasteiger partial charge in [-0.15, -0.1) is 0 Å². The zero-order valence-corrected chi connectivity index (χ0v) is 8.35. The Hall–Kier alpha value is -0.670. The van der Waals surface area contributed by atoms with Crippen LogP contribution in [0.2, 0.25) is 5.02 Å². The largest absolute Gasteiger partial charge is 0.330 e. The molecule has 0 spiro atoms. The molecule has 14 heavy (non-hydrogen) atoms. The highest BCUT2D eigenvalue weighted by Crippen LogP contribution is 2.27. The lowest BCUT2D eigenvalue weighted by Crippen LogP contribution is -2.14. The van der Waals surface area contributed by atoms with E-state index in [4.69, 9.17) is 17.3 Å². The van der Waals surface area contributed by atoms with Gasteiger partial charge in [-0.3, -0.25) is 0 Å². The Morgan fingerprint density at radius 1 is 1.36 bits per heavy atom. The number of hydrogen-bond donors (Lipinski definition) is 1. The summed E-state index contributed by atoms with van der Waals surface area (Å²) in [6.45, 7) is 0.252. The molecule has 1 unspecified atom stereocenters. The lowest BCUT2D eigenvalue weighted by atomic mass is 9.96. The summed E-state index contributed by atoms with van der Waals surface area (Å²) in [6, 6.07) is 6.55. The Balaban J connectivity index is 2.87. The third kappa shape index (κ3) is 2.93. The first kappa shape index (κ1) is 11.4. The Kier molecular flexibility index (Phi) is 4.29. The molecule has 0 bridgehead atoms. The van der Waals surface area contributed by atoms with Crippen molar-refractivity contribution in [1.29, 1.82) is 0 Å². The molecule has 1 aromatic carbocycles. The van der Waals surface area contributed by atoms with Crippen molar-refractivity contribution in [3.8, 4) is 0 Å². The maximum Gasteiger partial charge on any atom is 0.245 e.